The van der Waals surface area contributed by atoms with Crippen molar-refractivity contribution in [3.05, 3.63) is 29.8 Å². The average Bonchev–Trinajstić information content (AvgIpc) is 2.42. The van der Waals surface area contributed by atoms with E-state index in [0.29, 0.717) is 32.7 Å². The van der Waals surface area contributed by atoms with Crippen LogP contribution in [0.4, 0.5) is 23.7 Å². The lowest BCUT2D eigenvalue weighted by molar-refractivity contribution is -0.136. The number of amides is 2. The number of nitrogens with one attached hydrogen (secondary N) is 2. The van der Waals surface area contributed by atoms with E-state index in [0.717, 1.165) is 6.07 Å². The summed E-state index contributed by atoms with van der Waals surface area (Å²) in [5.41, 5.74) is 4.07. The van der Waals surface area contributed by atoms with Crippen molar-refractivity contribution in [2.24, 2.45) is 5.73 Å². The molecule has 0 aromatic heterocycles. The van der Waals surface area contributed by atoms with Gasteiger partial charge in [0.2, 0.25) is 0 Å². The number of rotatable bonds is 7. The summed E-state index contributed by atoms with van der Waals surface area (Å²) >= 11 is 0. The largest absolute Gasteiger partial charge is 0.418 e. The van der Waals surface area contributed by atoms with Crippen molar-refractivity contribution in [3.8, 4) is 0 Å². The Morgan fingerprint density at radius 2 is 1.95 bits per heavy atom. The van der Waals surface area contributed by atoms with Crippen LogP contribution in [-0.4, -0.2) is 32.3 Å². The molecule has 1 rings (SSSR count). The van der Waals surface area contributed by atoms with Gasteiger partial charge >= 0.3 is 12.2 Å². The van der Waals surface area contributed by atoms with Gasteiger partial charge in [-0.05, 0) is 18.6 Å². The molecule has 0 saturated heterocycles. The Morgan fingerprint density at radius 1 is 1.24 bits per heavy atom. The van der Waals surface area contributed by atoms with Crippen LogP contribution >= 0.6 is 0 Å². The van der Waals surface area contributed by atoms with Gasteiger partial charge in [0.1, 0.15) is 0 Å². The van der Waals surface area contributed by atoms with E-state index in [1.54, 1.807) is 0 Å². The molecule has 0 saturated carbocycles. The number of hydrogen-bond acceptors (Lipinski definition) is 3. The van der Waals surface area contributed by atoms with Crippen molar-refractivity contribution in [3.63, 3.8) is 0 Å². The zero-order valence-corrected chi connectivity index (χ0v) is 11.4. The molecule has 0 bridgehead atoms. The molecule has 8 heteroatoms. The monoisotopic (exact) mass is 305 g/mol. The van der Waals surface area contributed by atoms with E-state index in [1.165, 1.54) is 18.2 Å². The normalized spacial score (nSPS) is 11.2. The molecule has 0 heterocycles. The maximum atomic E-state index is 12.7. The zero-order chi connectivity index (χ0) is 15.7. The molecular formula is C13H18F3N3O2. The molecule has 0 spiro atoms. The molecule has 1 aromatic rings. The van der Waals surface area contributed by atoms with E-state index >= 15 is 0 Å². The van der Waals surface area contributed by atoms with Gasteiger partial charge in [0, 0.05) is 19.7 Å². The molecule has 0 aliphatic carbocycles. The minimum Gasteiger partial charge on any atom is -0.380 e. The van der Waals surface area contributed by atoms with Gasteiger partial charge in [0.15, 0.2) is 0 Å². The Kier molecular flexibility index (Phi) is 6.97. The molecule has 2 amide bonds. The summed E-state index contributed by atoms with van der Waals surface area (Å²) in [5, 5.41) is 4.65. The molecular weight excluding hydrogens is 287 g/mol. The third-order valence-corrected chi connectivity index (χ3v) is 2.49. The van der Waals surface area contributed by atoms with Gasteiger partial charge in [-0.1, -0.05) is 12.1 Å². The van der Waals surface area contributed by atoms with Crippen LogP contribution in [0.1, 0.15) is 12.0 Å². The summed E-state index contributed by atoms with van der Waals surface area (Å²) in [6, 6.07) is 4.11. The summed E-state index contributed by atoms with van der Waals surface area (Å²) in [5.74, 6) is 0. The first kappa shape index (κ1) is 17.3. The highest BCUT2D eigenvalue weighted by Gasteiger charge is 2.33. The minimum atomic E-state index is -4.51. The molecule has 4 N–H and O–H groups in total. The third-order valence-electron chi connectivity index (χ3n) is 2.49. The minimum absolute atomic E-state index is 0.276. The number of halogens is 3. The Balaban J connectivity index is 2.42. The lowest BCUT2D eigenvalue weighted by Gasteiger charge is -2.14. The van der Waals surface area contributed by atoms with Gasteiger partial charge in [-0.25, -0.2) is 4.79 Å². The standard InChI is InChI=1S/C13H18F3N3O2/c14-13(15,16)10-4-1-2-5-11(10)19-12(20)18-7-3-8-21-9-6-17/h1-2,4-5H,3,6-9,17H2,(H2,18,19,20). The number of benzene rings is 1. The SMILES string of the molecule is NCCOCCCNC(=O)Nc1ccccc1C(F)(F)F. The molecule has 0 atom stereocenters. The quantitative estimate of drug-likeness (QED) is 0.676. The van der Waals surface area contributed by atoms with Crippen molar-refractivity contribution >= 4 is 11.7 Å². The van der Waals surface area contributed by atoms with Gasteiger partial charge in [0.05, 0.1) is 17.9 Å². The Hall–Kier alpha value is -1.80. The maximum absolute atomic E-state index is 12.7. The number of carbonyl (C=O) groups excluding carboxylic acids is 1. The van der Waals surface area contributed by atoms with Crippen LogP contribution < -0.4 is 16.4 Å². The van der Waals surface area contributed by atoms with Crippen molar-refractivity contribution < 1.29 is 22.7 Å². The van der Waals surface area contributed by atoms with Gasteiger partial charge in [0.25, 0.3) is 0 Å². The molecule has 118 valence electrons. The van der Waals surface area contributed by atoms with Crippen LogP contribution in [0.5, 0.6) is 0 Å². The van der Waals surface area contributed by atoms with E-state index in [9.17, 15) is 18.0 Å². The van der Waals surface area contributed by atoms with Crippen molar-refractivity contribution in [1.29, 1.82) is 0 Å². The topological polar surface area (TPSA) is 76.4 Å². The fourth-order valence-electron chi connectivity index (χ4n) is 1.57. The zero-order valence-electron chi connectivity index (χ0n) is 11.4. The fraction of sp³-hybridized carbons (Fsp3) is 0.462. The van der Waals surface area contributed by atoms with Crippen LogP contribution in [-0.2, 0) is 10.9 Å². The summed E-state index contributed by atoms with van der Waals surface area (Å²) in [6.07, 6.45) is -3.96. The molecule has 0 unspecified atom stereocenters. The molecule has 5 nitrogen and oxygen atoms in total. The first-order valence-corrected chi connectivity index (χ1v) is 6.44. The number of ether oxygens (including phenoxy) is 1. The van der Waals surface area contributed by atoms with Crippen LogP contribution in [0, 0.1) is 0 Å². The smallest absolute Gasteiger partial charge is 0.380 e. The summed E-state index contributed by atoms with van der Waals surface area (Å²) in [7, 11) is 0. The third kappa shape index (κ3) is 6.46. The summed E-state index contributed by atoms with van der Waals surface area (Å²) in [6.45, 7) is 1.58. The van der Waals surface area contributed by atoms with Crippen LogP contribution in [0.3, 0.4) is 0 Å². The molecule has 0 radical (unpaired) electrons. The van der Waals surface area contributed by atoms with Crippen molar-refractivity contribution in [1.82, 2.24) is 5.32 Å². The van der Waals surface area contributed by atoms with Gasteiger partial charge in [-0.3, -0.25) is 0 Å². The van der Waals surface area contributed by atoms with E-state index in [1.807, 2.05) is 0 Å². The summed E-state index contributed by atoms with van der Waals surface area (Å²) < 4.78 is 43.3. The number of hydrogen-bond donors (Lipinski definition) is 3. The van der Waals surface area contributed by atoms with E-state index < -0.39 is 17.8 Å². The molecule has 0 fully saturated rings. The number of nitrogens with two attached hydrogens (primary N) is 1. The maximum Gasteiger partial charge on any atom is 0.418 e. The number of anilines is 1. The summed E-state index contributed by atoms with van der Waals surface area (Å²) in [4.78, 5) is 11.5. The molecule has 0 aliphatic rings. The lowest BCUT2D eigenvalue weighted by Crippen LogP contribution is -2.31. The molecule has 1 aromatic carbocycles. The first-order valence-electron chi connectivity index (χ1n) is 6.44. The predicted octanol–water partition coefficient (Wildman–Crippen LogP) is 2.19. The second-order valence-electron chi connectivity index (χ2n) is 4.18. The van der Waals surface area contributed by atoms with E-state index in [2.05, 4.69) is 10.6 Å². The fourth-order valence-corrected chi connectivity index (χ4v) is 1.57. The second kappa shape index (κ2) is 8.48. The highest BCUT2D eigenvalue weighted by Crippen LogP contribution is 2.34. The van der Waals surface area contributed by atoms with Gasteiger partial charge in [-0.2, -0.15) is 13.2 Å². The van der Waals surface area contributed by atoms with E-state index in [4.69, 9.17) is 10.5 Å². The number of carbonyl (C=O) groups is 1. The highest BCUT2D eigenvalue weighted by atomic mass is 19.4. The number of para-hydroxylation sites is 1. The van der Waals surface area contributed by atoms with E-state index in [-0.39, 0.29) is 5.69 Å². The predicted molar refractivity (Wildman–Crippen MR) is 73.0 cm³/mol. The number of urea groups is 1. The molecule has 0 aliphatic heterocycles. The Labute approximate surface area is 120 Å². The lowest BCUT2D eigenvalue weighted by atomic mass is 10.1. The van der Waals surface area contributed by atoms with Crippen LogP contribution in [0.2, 0.25) is 0 Å². The Bertz CT molecular complexity index is 453. The average molecular weight is 305 g/mol. The second-order valence-corrected chi connectivity index (χ2v) is 4.18. The van der Waals surface area contributed by atoms with Crippen molar-refractivity contribution in [2.45, 2.75) is 12.6 Å². The van der Waals surface area contributed by atoms with Crippen LogP contribution in [0.25, 0.3) is 0 Å². The van der Waals surface area contributed by atoms with Crippen LogP contribution in [0.15, 0.2) is 24.3 Å². The Morgan fingerprint density at radius 3 is 2.62 bits per heavy atom. The number of alkyl halides is 3. The van der Waals surface area contributed by atoms with Crippen molar-refractivity contribution in [2.75, 3.05) is 31.6 Å². The van der Waals surface area contributed by atoms with Gasteiger partial charge in [-0.15, -0.1) is 0 Å². The molecule has 21 heavy (non-hydrogen) atoms. The first-order chi connectivity index (χ1) is 9.95. The van der Waals surface area contributed by atoms with Gasteiger partial charge < -0.3 is 21.1 Å². The highest BCUT2D eigenvalue weighted by molar-refractivity contribution is 5.90.